The molecule has 0 saturated carbocycles. The molecule has 27 heavy (non-hydrogen) atoms. The summed E-state index contributed by atoms with van der Waals surface area (Å²) in [7, 11) is 0. The lowest BCUT2D eigenvalue weighted by Crippen LogP contribution is -2.56. The van der Waals surface area contributed by atoms with Gasteiger partial charge in [-0.3, -0.25) is 9.59 Å². The zero-order valence-corrected chi connectivity index (χ0v) is 14.6. The zero-order valence-electron chi connectivity index (χ0n) is 14.6. The summed E-state index contributed by atoms with van der Waals surface area (Å²) in [5.74, 6) is -0.743. The van der Waals surface area contributed by atoms with E-state index < -0.39 is 0 Å². The van der Waals surface area contributed by atoms with E-state index >= 15 is 0 Å². The van der Waals surface area contributed by atoms with E-state index in [0.29, 0.717) is 5.69 Å². The first-order valence-corrected chi connectivity index (χ1v) is 9.41. The van der Waals surface area contributed by atoms with Gasteiger partial charge in [-0.25, -0.2) is 4.90 Å². The predicted octanol–water partition coefficient (Wildman–Crippen LogP) is 3.40. The third kappa shape index (κ3) is 1.78. The van der Waals surface area contributed by atoms with Crippen molar-refractivity contribution in [3.8, 4) is 0 Å². The van der Waals surface area contributed by atoms with E-state index in [-0.39, 0.29) is 41.7 Å². The number of piperidine rings is 1. The molecule has 0 radical (unpaired) electrons. The Morgan fingerprint density at radius 1 is 0.704 bits per heavy atom. The Bertz CT molecular complexity index is 963. The molecule has 0 spiro atoms. The minimum absolute atomic E-state index is 0.00237. The Balaban J connectivity index is 1.56. The summed E-state index contributed by atoms with van der Waals surface area (Å²) in [5, 5.41) is 0. The van der Waals surface area contributed by atoms with E-state index in [4.69, 9.17) is 0 Å². The van der Waals surface area contributed by atoms with Crippen molar-refractivity contribution in [2.24, 2.45) is 11.8 Å². The highest BCUT2D eigenvalue weighted by atomic mass is 16.2. The normalized spacial score (nSPS) is 32.5. The van der Waals surface area contributed by atoms with Crippen molar-refractivity contribution in [1.29, 1.82) is 0 Å². The molecule has 4 aliphatic heterocycles. The highest BCUT2D eigenvalue weighted by Crippen LogP contribution is 2.60. The first-order chi connectivity index (χ1) is 13.3. The standard InChI is InChI=1S/C23H18N2O2/c26-22-19-18-15-10-4-5-11-16(15)21(24-13-7-6-12-17(18)24)20(19)23(27)25(22)14-8-2-1-3-9-14/h1-13,17-21H. The number of benzene rings is 2. The average molecular weight is 354 g/mol. The molecule has 5 atom stereocenters. The molecule has 2 fully saturated rings. The van der Waals surface area contributed by atoms with Crippen LogP contribution in [0.5, 0.6) is 0 Å². The fourth-order valence-corrected chi connectivity index (χ4v) is 5.58. The van der Waals surface area contributed by atoms with Crippen LogP contribution in [-0.4, -0.2) is 22.8 Å². The summed E-state index contributed by atoms with van der Waals surface area (Å²) in [6, 6.07) is 17.7. The Labute approximate surface area is 157 Å². The van der Waals surface area contributed by atoms with Gasteiger partial charge in [0, 0.05) is 12.1 Å². The number of allylic oxidation sites excluding steroid dienone is 2. The molecule has 0 aromatic heterocycles. The molecule has 0 N–H and O–H groups in total. The van der Waals surface area contributed by atoms with E-state index in [2.05, 4.69) is 35.4 Å². The molecule has 7 rings (SSSR count). The minimum Gasteiger partial charge on any atom is -0.363 e. The van der Waals surface area contributed by atoms with Gasteiger partial charge >= 0.3 is 0 Å². The van der Waals surface area contributed by atoms with Crippen molar-refractivity contribution in [1.82, 2.24) is 4.90 Å². The second-order valence-electron chi connectivity index (χ2n) is 7.66. The number of anilines is 1. The molecule has 2 bridgehead atoms. The number of carbonyl (C=O) groups is 2. The number of para-hydroxylation sites is 1. The number of rotatable bonds is 1. The highest BCUT2D eigenvalue weighted by molar-refractivity contribution is 6.23. The van der Waals surface area contributed by atoms with E-state index in [1.165, 1.54) is 16.0 Å². The molecule has 2 aromatic carbocycles. The van der Waals surface area contributed by atoms with Crippen molar-refractivity contribution < 1.29 is 9.59 Å². The van der Waals surface area contributed by atoms with Gasteiger partial charge in [-0.1, -0.05) is 54.6 Å². The summed E-state index contributed by atoms with van der Waals surface area (Å²) in [6.07, 6.45) is 8.32. The van der Waals surface area contributed by atoms with Crippen LogP contribution in [0, 0.1) is 11.8 Å². The number of hydrogen-bond donors (Lipinski definition) is 0. The van der Waals surface area contributed by atoms with Crippen LogP contribution in [0.1, 0.15) is 23.1 Å². The van der Waals surface area contributed by atoms with E-state index in [1.54, 1.807) is 0 Å². The van der Waals surface area contributed by atoms with E-state index in [1.807, 2.05) is 48.5 Å². The zero-order chi connectivity index (χ0) is 18.1. The molecule has 1 aliphatic carbocycles. The molecule has 4 nitrogen and oxygen atoms in total. The molecule has 5 unspecified atom stereocenters. The van der Waals surface area contributed by atoms with Gasteiger partial charge in [0.1, 0.15) is 0 Å². The summed E-state index contributed by atoms with van der Waals surface area (Å²) < 4.78 is 0. The van der Waals surface area contributed by atoms with Gasteiger partial charge in [0.15, 0.2) is 0 Å². The Morgan fingerprint density at radius 2 is 1.41 bits per heavy atom. The van der Waals surface area contributed by atoms with E-state index in [0.717, 1.165) is 0 Å². The first-order valence-electron chi connectivity index (χ1n) is 9.41. The SMILES string of the molecule is O=C1C2C(C(=O)N1c1ccccc1)C1c3ccccc3C2C2C=CC=CN21. The second-order valence-corrected chi connectivity index (χ2v) is 7.66. The predicted molar refractivity (Wildman–Crippen MR) is 102 cm³/mol. The van der Waals surface area contributed by atoms with Crippen LogP contribution in [0.4, 0.5) is 5.69 Å². The fraction of sp³-hybridized carbons (Fsp3) is 0.217. The summed E-state index contributed by atoms with van der Waals surface area (Å²) in [4.78, 5) is 30.6. The maximum Gasteiger partial charge on any atom is 0.240 e. The number of carbonyl (C=O) groups excluding carboxylic acids is 2. The van der Waals surface area contributed by atoms with Crippen LogP contribution in [0.25, 0.3) is 0 Å². The van der Waals surface area contributed by atoms with Crippen molar-refractivity contribution in [3.63, 3.8) is 0 Å². The molecule has 2 aromatic rings. The highest BCUT2D eigenvalue weighted by Gasteiger charge is 2.64. The van der Waals surface area contributed by atoms with Crippen molar-refractivity contribution >= 4 is 17.5 Å². The third-order valence-electron chi connectivity index (χ3n) is 6.52. The topological polar surface area (TPSA) is 40.6 Å². The monoisotopic (exact) mass is 354 g/mol. The lowest BCUT2D eigenvalue weighted by atomic mass is 9.60. The molecule has 2 saturated heterocycles. The van der Waals surface area contributed by atoms with Crippen LogP contribution < -0.4 is 4.90 Å². The van der Waals surface area contributed by atoms with Gasteiger partial charge in [0.2, 0.25) is 11.8 Å². The van der Waals surface area contributed by atoms with Crippen LogP contribution in [0.2, 0.25) is 0 Å². The maximum absolute atomic E-state index is 13.5. The Hall–Kier alpha value is -3.14. The lowest BCUT2D eigenvalue weighted by Gasteiger charge is -2.55. The molecule has 132 valence electrons. The van der Waals surface area contributed by atoms with Crippen molar-refractivity contribution in [3.05, 3.63) is 90.2 Å². The smallest absolute Gasteiger partial charge is 0.240 e. The number of nitrogens with zero attached hydrogens (tertiary/aromatic N) is 2. The second kappa shape index (κ2) is 5.19. The minimum atomic E-state index is -0.329. The van der Waals surface area contributed by atoms with Gasteiger partial charge < -0.3 is 4.90 Å². The summed E-state index contributed by atoms with van der Waals surface area (Å²) >= 11 is 0. The fourth-order valence-electron chi connectivity index (χ4n) is 5.58. The Morgan fingerprint density at radius 3 is 2.22 bits per heavy atom. The van der Waals surface area contributed by atoms with Gasteiger partial charge in [-0.15, -0.1) is 0 Å². The number of imide groups is 1. The van der Waals surface area contributed by atoms with Crippen LogP contribution in [0.15, 0.2) is 79.0 Å². The van der Waals surface area contributed by atoms with Gasteiger partial charge in [0.25, 0.3) is 0 Å². The van der Waals surface area contributed by atoms with Crippen molar-refractivity contribution in [2.75, 3.05) is 4.90 Å². The molecular formula is C23H18N2O2. The number of hydrogen-bond acceptors (Lipinski definition) is 3. The largest absolute Gasteiger partial charge is 0.363 e. The van der Waals surface area contributed by atoms with Crippen LogP contribution >= 0.6 is 0 Å². The molecule has 4 heterocycles. The van der Waals surface area contributed by atoms with Crippen molar-refractivity contribution in [2.45, 2.75) is 18.0 Å². The average Bonchev–Trinajstić information content (AvgIpc) is 3.00. The summed E-state index contributed by atoms with van der Waals surface area (Å²) in [5.41, 5.74) is 3.09. The maximum atomic E-state index is 13.5. The molecule has 5 aliphatic rings. The Kier molecular flexibility index (Phi) is 2.88. The summed E-state index contributed by atoms with van der Waals surface area (Å²) in [6.45, 7) is 0. The molecule has 2 amide bonds. The quantitative estimate of drug-likeness (QED) is 0.737. The van der Waals surface area contributed by atoms with Gasteiger partial charge in [0.05, 0.1) is 29.6 Å². The van der Waals surface area contributed by atoms with Crippen LogP contribution in [0.3, 0.4) is 0 Å². The first kappa shape index (κ1) is 15.0. The van der Waals surface area contributed by atoms with Crippen LogP contribution in [-0.2, 0) is 9.59 Å². The third-order valence-corrected chi connectivity index (χ3v) is 6.52. The van der Waals surface area contributed by atoms with Gasteiger partial charge in [-0.05, 0) is 29.3 Å². The lowest BCUT2D eigenvalue weighted by molar-refractivity contribution is -0.128. The molecular weight excluding hydrogens is 336 g/mol. The number of amides is 2. The van der Waals surface area contributed by atoms with E-state index in [9.17, 15) is 9.59 Å². The van der Waals surface area contributed by atoms with Gasteiger partial charge in [-0.2, -0.15) is 0 Å². The molecule has 4 heteroatoms.